The van der Waals surface area contributed by atoms with Gasteiger partial charge in [-0.1, -0.05) is 23.7 Å². The van der Waals surface area contributed by atoms with Gasteiger partial charge in [0.05, 0.1) is 18.0 Å². The third-order valence-corrected chi connectivity index (χ3v) is 7.36. The Morgan fingerprint density at radius 2 is 1.90 bits per heavy atom. The molecule has 158 valence electrons. The predicted molar refractivity (Wildman–Crippen MR) is 127 cm³/mol. The molecule has 30 heavy (non-hydrogen) atoms. The van der Waals surface area contributed by atoms with E-state index < -0.39 is 0 Å². The molecule has 0 amide bonds. The van der Waals surface area contributed by atoms with Crippen LogP contribution in [-0.2, 0) is 7.05 Å². The molecule has 0 aliphatic heterocycles. The third-order valence-electron chi connectivity index (χ3n) is 5.84. The average molecular weight is 538 g/mol. The van der Waals surface area contributed by atoms with Gasteiger partial charge in [0.25, 0.3) is 0 Å². The van der Waals surface area contributed by atoms with Gasteiger partial charge in [-0.25, -0.2) is 13.1 Å². The predicted octanol–water partition coefficient (Wildman–Crippen LogP) is 4.87. The van der Waals surface area contributed by atoms with E-state index in [1.807, 2.05) is 42.1 Å². The van der Waals surface area contributed by atoms with Gasteiger partial charge in [0, 0.05) is 70.8 Å². The Hall–Kier alpha value is -1.55. The second-order valence-electron chi connectivity index (χ2n) is 7.69. The molecule has 0 unspecified atom stereocenters. The number of rotatable bonds is 6. The lowest BCUT2D eigenvalue weighted by Gasteiger charge is -2.33. The van der Waals surface area contributed by atoms with Crippen molar-refractivity contribution in [2.24, 2.45) is 7.05 Å². The summed E-state index contributed by atoms with van der Waals surface area (Å²) in [5.74, 6) is 0.420. The largest absolute Gasteiger partial charge is 0.395 e. The molecule has 1 saturated carbocycles. The molecular formula is C22H25ClIN5O. The van der Waals surface area contributed by atoms with E-state index >= 15 is 0 Å². The van der Waals surface area contributed by atoms with Gasteiger partial charge in [-0.2, -0.15) is 5.10 Å². The minimum absolute atomic E-state index is 0.201. The summed E-state index contributed by atoms with van der Waals surface area (Å²) in [5, 5.41) is 14.9. The molecule has 0 atom stereocenters. The van der Waals surface area contributed by atoms with Crippen molar-refractivity contribution in [2.75, 3.05) is 13.2 Å². The molecule has 1 N–H and O–H groups in total. The molecular weight excluding hydrogens is 513 g/mol. The van der Waals surface area contributed by atoms with Crippen LogP contribution in [0, 0.1) is 0 Å². The van der Waals surface area contributed by atoms with Crippen molar-refractivity contribution in [3.05, 3.63) is 53.6 Å². The first-order chi connectivity index (χ1) is 14.6. The summed E-state index contributed by atoms with van der Waals surface area (Å²) in [6.07, 6.45) is 7.78. The summed E-state index contributed by atoms with van der Waals surface area (Å²) in [6, 6.07) is 10.3. The van der Waals surface area contributed by atoms with E-state index in [2.05, 4.69) is 35.9 Å². The van der Waals surface area contributed by atoms with Crippen molar-refractivity contribution in [1.82, 2.24) is 22.9 Å². The summed E-state index contributed by atoms with van der Waals surface area (Å²) in [5.41, 5.74) is 5.19. The van der Waals surface area contributed by atoms with E-state index in [1.54, 1.807) is 12.5 Å². The minimum atomic E-state index is 0.201. The average Bonchev–Trinajstić information content (AvgIpc) is 3.12. The molecule has 1 aromatic carbocycles. The van der Waals surface area contributed by atoms with Crippen molar-refractivity contribution in [3.8, 4) is 22.5 Å². The molecule has 2 aromatic heterocycles. The number of aryl methyl sites for hydroxylation is 1. The standard InChI is InChI=1S/C22H25ClIN5O/c1-28-22(16-4-8-18(9-5-16)29(24)12-13-30)20(19-10-11-25-14-26-19)21(27-28)15-2-6-17(23)7-3-15/h2-3,6-7,10-11,14,16,18,30H,4-5,8-9,12-13H2,1H3. The molecule has 1 fully saturated rings. The molecule has 2 heterocycles. The molecule has 6 nitrogen and oxygen atoms in total. The van der Waals surface area contributed by atoms with Crippen molar-refractivity contribution in [2.45, 2.75) is 37.6 Å². The Labute approximate surface area is 195 Å². The zero-order valence-electron chi connectivity index (χ0n) is 16.9. The molecule has 3 aromatic rings. The van der Waals surface area contributed by atoms with Crippen LogP contribution in [0.4, 0.5) is 0 Å². The van der Waals surface area contributed by atoms with Gasteiger partial charge in [-0.3, -0.25) is 4.68 Å². The Bertz CT molecular complexity index is 971. The summed E-state index contributed by atoms with van der Waals surface area (Å²) in [6.45, 7) is 0.918. The normalized spacial score (nSPS) is 19.4. The van der Waals surface area contributed by atoms with E-state index in [9.17, 15) is 5.11 Å². The molecule has 1 aliphatic carbocycles. The van der Waals surface area contributed by atoms with Gasteiger partial charge in [0.2, 0.25) is 0 Å². The van der Waals surface area contributed by atoms with Crippen LogP contribution in [0.15, 0.2) is 42.9 Å². The van der Waals surface area contributed by atoms with Gasteiger partial charge in [0.15, 0.2) is 0 Å². The molecule has 0 saturated heterocycles. The summed E-state index contributed by atoms with van der Waals surface area (Å²) >= 11 is 8.46. The molecule has 1 aliphatic rings. The van der Waals surface area contributed by atoms with Gasteiger partial charge in [-0.05, 0) is 43.9 Å². The number of benzene rings is 1. The van der Waals surface area contributed by atoms with Crippen LogP contribution in [0.2, 0.25) is 5.02 Å². The molecule has 4 rings (SSSR count). The van der Waals surface area contributed by atoms with Crippen LogP contribution < -0.4 is 0 Å². The van der Waals surface area contributed by atoms with E-state index in [0.717, 1.165) is 48.2 Å². The number of nitrogens with zero attached hydrogens (tertiary/aromatic N) is 5. The highest BCUT2D eigenvalue weighted by Crippen LogP contribution is 2.43. The Morgan fingerprint density at radius 3 is 2.53 bits per heavy atom. The maximum Gasteiger partial charge on any atom is 0.116 e. The highest BCUT2D eigenvalue weighted by molar-refractivity contribution is 14.1. The monoisotopic (exact) mass is 537 g/mol. The fourth-order valence-corrected chi connectivity index (χ4v) is 5.31. The first-order valence-corrected chi connectivity index (χ1v) is 11.5. The number of aromatic nitrogens is 4. The van der Waals surface area contributed by atoms with Crippen LogP contribution in [0.5, 0.6) is 0 Å². The maximum absolute atomic E-state index is 9.25. The number of aliphatic hydroxyl groups excluding tert-OH is 1. The lowest BCUT2D eigenvalue weighted by atomic mass is 9.81. The smallest absolute Gasteiger partial charge is 0.116 e. The zero-order chi connectivity index (χ0) is 21.1. The zero-order valence-corrected chi connectivity index (χ0v) is 19.8. The van der Waals surface area contributed by atoms with Crippen molar-refractivity contribution in [3.63, 3.8) is 0 Å². The Morgan fingerprint density at radius 1 is 1.17 bits per heavy atom. The van der Waals surface area contributed by atoms with E-state index in [4.69, 9.17) is 16.7 Å². The summed E-state index contributed by atoms with van der Waals surface area (Å²) in [7, 11) is 2.03. The summed E-state index contributed by atoms with van der Waals surface area (Å²) < 4.78 is 4.28. The van der Waals surface area contributed by atoms with E-state index in [0.29, 0.717) is 23.5 Å². The van der Waals surface area contributed by atoms with Crippen molar-refractivity contribution >= 4 is 34.5 Å². The first kappa shape index (κ1) is 21.7. The second kappa shape index (κ2) is 9.72. The number of aliphatic hydroxyl groups is 1. The maximum atomic E-state index is 9.25. The Balaban J connectivity index is 1.71. The van der Waals surface area contributed by atoms with Crippen LogP contribution in [0.1, 0.15) is 37.3 Å². The number of hydrogen-bond donors (Lipinski definition) is 1. The van der Waals surface area contributed by atoms with Crippen LogP contribution in [0.3, 0.4) is 0 Å². The third kappa shape index (κ3) is 4.54. The summed E-state index contributed by atoms with van der Waals surface area (Å²) in [4.78, 5) is 8.66. The lowest BCUT2D eigenvalue weighted by molar-refractivity contribution is 0.217. The number of hydrogen-bond acceptors (Lipinski definition) is 5. The van der Waals surface area contributed by atoms with Crippen LogP contribution in [0.25, 0.3) is 22.5 Å². The van der Waals surface area contributed by atoms with Crippen LogP contribution in [-0.4, -0.2) is 47.2 Å². The van der Waals surface area contributed by atoms with Gasteiger partial charge < -0.3 is 5.11 Å². The van der Waals surface area contributed by atoms with Crippen LogP contribution >= 0.6 is 34.5 Å². The van der Waals surface area contributed by atoms with Crippen molar-refractivity contribution in [1.29, 1.82) is 0 Å². The number of halogens is 2. The fraction of sp³-hybridized carbons (Fsp3) is 0.409. The fourth-order valence-electron chi connectivity index (χ4n) is 4.41. The lowest BCUT2D eigenvalue weighted by Crippen LogP contribution is -2.32. The quantitative estimate of drug-likeness (QED) is 0.359. The topological polar surface area (TPSA) is 67.1 Å². The highest BCUT2D eigenvalue weighted by atomic mass is 127. The van der Waals surface area contributed by atoms with E-state index in [1.165, 1.54) is 5.69 Å². The minimum Gasteiger partial charge on any atom is -0.395 e. The van der Waals surface area contributed by atoms with E-state index in [-0.39, 0.29) is 6.61 Å². The molecule has 8 heteroatoms. The van der Waals surface area contributed by atoms with Gasteiger partial charge in [0.1, 0.15) is 12.0 Å². The first-order valence-electron chi connectivity index (χ1n) is 10.2. The second-order valence-corrected chi connectivity index (χ2v) is 9.36. The molecule has 0 bridgehead atoms. The van der Waals surface area contributed by atoms with Crippen molar-refractivity contribution < 1.29 is 5.11 Å². The molecule has 0 spiro atoms. The van der Waals surface area contributed by atoms with Gasteiger partial charge >= 0.3 is 0 Å². The highest BCUT2D eigenvalue weighted by Gasteiger charge is 2.31. The SMILES string of the molecule is Cn1nc(-c2ccc(Cl)cc2)c(-c2ccncn2)c1C1CCC(N(I)CCO)CC1. The van der Waals surface area contributed by atoms with Gasteiger partial charge in [-0.15, -0.1) is 0 Å². The molecule has 0 radical (unpaired) electrons. The Kier molecular flexibility index (Phi) is 7.02.